The van der Waals surface area contributed by atoms with Gasteiger partial charge >= 0.3 is 35.8 Å². The summed E-state index contributed by atoms with van der Waals surface area (Å²) in [6.07, 6.45) is 28.2. The predicted molar refractivity (Wildman–Crippen MR) is 169 cm³/mol. The van der Waals surface area contributed by atoms with Crippen molar-refractivity contribution >= 4 is 35.8 Å². The van der Waals surface area contributed by atoms with Crippen LogP contribution in [0.1, 0.15) is 196 Å². The molecule has 0 aliphatic carbocycles. The molecule has 5 heteroatoms. The van der Waals surface area contributed by atoms with Crippen molar-refractivity contribution in [2.24, 2.45) is 0 Å². The molecular weight excluding hydrogens is 567 g/mol. The number of carboxylic acid groups (broad SMARTS) is 2. The molecule has 2 N–H and O–H groups in total. The van der Waals surface area contributed by atoms with Crippen molar-refractivity contribution in [3.8, 4) is 0 Å². The molecule has 0 aromatic heterocycles. The molecule has 0 heterocycles. The van der Waals surface area contributed by atoms with Crippen molar-refractivity contribution in [3.05, 3.63) is 0 Å². The van der Waals surface area contributed by atoms with Gasteiger partial charge in [-0.2, -0.15) is 0 Å². The van der Waals surface area contributed by atoms with Crippen molar-refractivity contribution in [2.75, 3.05) is 0 Å². The van der Waals surface area contributed by atoms with Crippen LogP contribution in [0.25, 0.3) is 0 Å². The fourth-order valence-electron chi connectivity index (χ4n) is 3.17. The summed E-state index contributed by atoms with van der Waals surface area (Å²) in [7, 11) is 0. The minimum absolute atomic E-state index is 0. The van der Waals surface area contributed by atoms with Gasteiger partial charge in [0.1, 0.15) is 0 Å². The third-order valence-corrected chi connectivity index (χ3v) is 5.99. The molecule has 0 unspecified atom stereocenters. The molecule has 37 heavy (non-hydrogen) atoms. The summed E-state index contributed by atoms with van der Waals surface area (Å²) in [6.45, 7) is 13.2. The molecule has 0 aromatic rings. The van der Waals surface area contributed by atoms with Gasteiger partial charge in [-0.15, -0.1) is 0 Å². The fourth-order valence-corrected chi connectivity index (χ4v) is 3.17. The van der Waals surface area contributed by atoms with E-state index in [2.05, 4.69) is 41.5 Å². The molecule has 0 spiro atoms. The molecule has 0 aliphatic rings. The average molecular weight is 638 g/mol. The second kappa shape index (κ2) is 48.8. The van der Waals surface area contributed by atoms with E-state index in [1.165, 1.54) is 116 Å². The first-order valence-electron chi connectivity index (χ1n) is 15.8. The van der Waals surface area contributed by atoms with Crippen LogP contribution in [0, 0.1) is 0 Å². The first kappa shape index (κ1) is 46.6. The molecule has 0 radical (unpaired) electrons. The van der Waals surface area contributed by atoms with Gasteiger partial charge in [0.05, 0.1) is 0 Å². The van der Waals surface area contributed by atoms with E-state index in [9.17, 15) is 9.59 Å². The Morgan fingerprint density at radius 2 is 0.541 bits per heavy atom. The van der Waals surface area contributed by atoms with Crippen LogP contribution in [-0.2, 0) is 9.59 Å². The Bertz CT molecular complexity index is 349. The minimum atomic E-state index is -0.659. The van der Waals surface area contributed by atoms with Gasteiger partial charge in [-0.1, -0.05) is 170 Å². The van der Waals surface area contributed by atoms with E-state index in [0.29, 0.717) is 12.8 Å². The Balaban J connectivity index is -0.000000140. The predicted octanol–water partition coefficient (Wildman–Crippen LogP) is 10.7. The van der Waals surface area contributed by atoms with E-state index in [1.54, 1.807) is 0 Å². The van der Waals surface area contributed by atoms with Crippen LogP contribution in [-0.4, -0.2) is 46.1 Å². The van der Waals surface area contributed by atoms with Gasteiger partial charge in [-0.3, -0.25) is 9.59 Å². The third-order valence-electron chi connectivity index (χ3n) is 5.99. The summed E-state index contributed by atoms with van der Waals surface area (Å²) in [5.74, 6) is -1.32. The normalized spacial score (nSPS) is 9.46. The summed E-state index contributed by atoms with van der Waals surface area (Å²) in [5.41, 5.74) is 0. The van der Waals surface area contributed by atoms with E-state index in [0.717, 1.165) is 25.7 Å². The molecule has 0 amide bonds. The summed E-state index contributed by atoms with van der Waals surface area (Å²) < 4.78 is 0. The Kier molecular flexibility index (Phi) is 61.4. The van der Waals surface area contributed by atoms with E-state index >= 15 is 0 Å². The molecule has 0 aliphatic heterocycles. The maximum absolute atomic E-state index is 10.2. The van der Waals surface area contributed by atoms with Crippen LogP contribution < -0.4 is 0 Å². The van der Waals surface area contributed by atoms with Crippen LogP contribution in [0.15, 0.2) is 0 Å². The molecule has 0 fully saturated rings. The van der Waals surface area contributed by atoms with Gasteiger partial charge in [0.25, 0.3) is 0 Å². The van der Waals surface area contributed by atoms with Crippen LogP contribution in [0.3, 0.4) is 0 Å². The SMILES string of the molecule is CCCC.CCCC.CCCCCCCCCCCC(=O)O.CCCCCCCCCCCC(=O)O.[SnH2+2]. The Labute approximate surface area is 250 Å². The summed E-state index contributed by atoms with van der Waals surface area (Å²) in [6, 6.07) is 0. The molecular formula is C32H70O4Sn+2. The van der Waals surface area contributed by atoms with Gasteiger partial charge in [0, 0.05) is 12.8 Å². The fraction of sp³-hybridized carbons (Fsp3) is 0.938. The second-order valence-electron chi connectivity index (χ2n) is 9.94. The molecule has 4 nitrogen and oxygen atoms in total. The molecule has 0 rings (SSSR count). The summed E-state index contributed by atoms with van der Waals surface area (Å²) in [5, 5.41) is 16.8. The van der Waals surface area contributed by atoms with Crippen molar-refractivity contribution in [1.29, 1.82) is 0 Å². The van der Waals surface area contributed by atoms with Gasteiger partial charge in [-0.25, -0.2) is 0 Å². The standard InChI is InChI=1S/2C12H24O2.2C4H10.Sn.2H/c2*1-2-3-4-5-6-7-8-9-10-11-12(13)14;2*1-3-4-2;;;/h2*2-11H2,1H3,(H,13,14);2*3-4H2,1-2H3;;;/q;;;;+2;;. The molecule has 0 atom stereocenters. The quantitative estimate of drug-likeness (QED) is 0.0915. The van der Waals surface area contributed by atoms with Crippen molar-refractivity contribution in [3.63, 3.8) is 0 Å². The van der Waals surface area contributed by atoms with Gasteiger partial charge in [0.2, 0.25) is 0 Å². The number of rotatable bonds is 22. The topological polar surface area (TPSA) is 74.6 Å². The first-order chi connectivity index (χ1) is 17.4. The van der Waals surface area contributed by atoms with Crippen LogP contribution in [0.4, 0.5) is 0 Å². The Hall–Kier alpha value is -0.261. The molecule has 224 valence electrons. The number of aliphatic carboxylic acids is 2. The number of unbranched alkanes of at least 4 members (excludes halogenated alkanes) is 18. The summed E-state index contributed by atoms with van der Waals surface area (Å²) >= 11 is 0. The van der Waals surface area contributed by atoms with Crippen molar-refractivity contribution in [2.45, 2.75) is 196 Å². The van der Waals surface area contributed by atoms with Crippen LogP contribution in [0.5, 0.6) is 0 Å². The Morgan fingerprint density at radius 1 is 0.351 bits per heavy atom. The Morgan fingerprint density at radius 3 is 0.703 bits per heavy atom. The van der Waals surface area contributed by atoms with Gasteiger partial charge in [0.15, 0.2) is 0 Å². The van der Waals surface area contributed by atoms with Crippen LogP contribution >= 0.6 is 0 Å². The molecule has 0 saturated carbocycles. The molecule has 0 aromatic carbocycles. The van der Waals surface area contributed by atoms with Crippen molar-refractivity contribution in [1.82, 2.24) is 0 Å². The van der Waals surface area contributed by atoms with Gasteiger partial charge < -0.3 is 10.2 Å². The number of hydrogen-bond acceptors (Lipinski definition) is 2. The number of carboxylic acids is 2. The maximum atomic E-state index is 10.2. The van der Waals surface area contributed by atoms with Gasteiger partial charge in [-0.05, 0) is 12.8 Å². The zero-order chi connectivity index (χ0) is 28.1. The third kappa shape index (κ3) is 72.2. The summed E-state index contributed by atoms with van der Waals surface area (Å²) in [4.78, 5) is 20.4. The number of hydrogen-bond donors (Lipinski definition) is 2. The molecule has 0 bridgehead atoms. The van der Waals surface area contributed by atoms with Crippen LogP contribution in [0.2, 0.25) is 0 Å². The van der Waals surface area contributed by atoms with Crippen molar-refractivity contribution < 1.29 is 19.8 Å². The zero-order valence-corrected chi connectivity index (χ0v) is 30.4. The average Bonchev–Trinajstić information content (AvgIpc) is 2.87. The number of carbonyl (C=O) groups is 2. The first-order valence-corrected chi connectivity index (χ1v) is 15.8. The zero-order valence-electron chi connectivity index (χ0n) is 26.4. The van der Waals surface area contributed by atoms with E-state index in [1.807, 2.05) is 0 Å². The monoisotopic (exact) mass is 638 g/mol. The molecule has 0 saturated heterocycles. The second-order valence-corrected chi connectivity index (χ2v) is 9.94. The van der Waals surface area contributed by atoms with E-state index in [-0.39, 0.29) is 23.9 Å². The van der Waals surface area contributed by atoms with E-state index in [4.69, 9.17) is 10.2 Å². The van der Waals surface area contributed by atoms with E-state index < -0.39 is 11.9 Å².